The number of aromatic nitrogens is 3. The Bertz CT molecular complexity index is 1040. The van der Waals surface area contributed by atoms with E-state index in [0.29, 0.717) is 31.8 Å². The summed E-state index contributed by atoms with van der Waals surface area (Å²) in [4.78, 5) is 11.5. The first-order chi connectivity index (χ1) is 12.5. The number of benzene rings is 2. The summed E-state index contributed by atoms with van der Waals surface area (Å²) in [6.45, 7) is 0. The van der Waals surface area contributed by atoms with Crippen LogP contribution in [-0.2, 0) is 4.74 Å². The van der Waals surface area contributed by atoms with Crippen molar-refractivity contribution < 1.29 is 9.53 Å². The van der Waals surface area contributed by atoms with Crippen LogP contribution in [0.1, 0.15) is 15.9 Å². The molecule has 132 valence electrons. The van der Waals surface area contributed by atoms with E-state index < -0.39 is 5.97 Å². The molecule has 9 heteroatoms. The van der Waals surface area contributed by atoms with Crippen molar-refractivity contribution in [3.63, 3.8) is 0 Å². The molecule has 1 heterocycles. The van der Waals surface area contributed by atoms with Gasteiger partial charge in [0.2, 0.25) is 4.77 Å². The molecule has 0 saturated carbocycles. The summed E-state index contributed by atoms with van der Waals surface area (Å²) in [6, 6.07) is 11.9. The van der Waals surface area contributed by atoms with E-state index in [4.69, 9.17) is 35.4 Å². The normalized spacial score (nSPS) is 11.0. The van der Waals surface area contributed by atoms with Crippen molar-refractivity contribution in [1.82, 2.24) is 14.9 Å². The van der Waals surface area contributed by atoms with Gasteiger partial charge in [-0.05, 0) is 48.1 Å². The highest BCUT2D eigenvalue weighted by Gasteiger charge is 2.12. The number of hydrogen-bond acceptors (Lipinski definition) is 5. The first-order valence-electron chi connectivity index (χ1n) is 7.35. The van der Waals surface area contributed by atoms with E-state index in [9.17, 15) is 4.79 Å². The molecule has 3 rings (SSSR count). The van der Waals surface area contributed by atoms with Gasteiger partial charge in [0, 0.05) is 10.6 Å². The second-order valence-corrected chi connectivity index (χ2v) is 6.38. The minimum atomic E-state index is -0.398. The van der Waals surface area contributed by atoms with Crippen LogP contribution >= 0.6 is 35.4 Å². The van der Waals surface area contributed by atoms with Gasteiger partial charge in [0.25, 0.3) is 0 Å². The van der Waals surface area contributed by atoms with Crippen LogP contribution in [0.2, 0.25) is 10.0 Å². The molecule has 0 unspecified atom stereocenters. The van der Waals surface area contributed by atoms with Gasteiger partial charge in [-0.2, -0.15) is 14.9 Å². The number of halogens is 2. The lowest BCUT2D eigenvalue weighted by atomic mass is 10.1. The highest BCUT2D eigenvalue weighted by molar-refractivity contribution is 7.71. The van der Waals surface area contributed by atoms with Gasteiger partial charge in [-0.25, -0.2) is 9.89 Å². The third-order valence-electron chi connectivity index (χ3n) is 3.48. The number of nitrogens with zero attached hydrogens (tertiary/aromatic N) is 3. The molecule has 0 bridgehead atoms. The zero-order valence-corrected chi connectivity index (χ0v) is 15.8. The van der Waals surface area contributed by atoms with Gasteiger partial charge >= 0.3 is 5.97 Å². The number of methoxy groups -OCH3 is 1. The van der Waals surface area contributed by atoms with Crippen molar-refractivity contribution in [2.75, 3.05) is 7.11 Å². The monoisotopic (exact) mass is 406 g/mol. The minimum absolute atomic E-state index is 0.313. The van der Waals surface area contributed by atoms with E-state index in [-0.39, 0.29) is 0 Å². The molecule has 3 aromatic rings. The molecule has 0 spiro atoms. The van der Waals surface area contributed by atoms with Crippen LogP contribution in [0.25, 0.3) is 11.4 Å². The Kier molecular flexibility index (Phi) is 5.51. The van der Waals surface area contributed by atoms with Crippen LogP contribution in [-0.4, -0.2) is 34.2 Å². The van der Waals surface area contributed by atoms with Crippen LogP contribution in [0.15, 0.2) is 47.6 Å². The number of hydrogen-bond donors (Lipinski definition) is 1. The second kappa shape index (κ2) is 7.82. The third-order valence-corrected chi connectivity index (χ3v) is 4.29. The van der Waals surface area contributed by atoms with E-state index in [2.05, 4.69) is 20.0 Å². The molecule has 0 aliphatic heterocycles. The number of rotatable bonds is 4. The molecule has 0 saturated heterocycles. The van der Waals surface area contributed by atoms with Crippen LogP contribution in [0.4, 0.5) is 0 Å². The molecule has 6 nitrogen and oxygen atoms in total. The van der Waals surface area contributed by atoms with Crippen LogP contribution < -0.4 is 0 Å². The maximum atomic E-state index is 11.5. The molecule has 2 aromatic carbocycles. The highest BCUT2D eigenvalue weighted by atomic mass is 35.5. The Morgan fingerprint density at radius 3 is 2.65 bits per heavy atom. The summed E-state index contributed by atoms with van der Waals surface area (Å²) in [7, 11) is 1.34. The lowest BCUT2D eigenvalue weighted by Crippen LogP contribution is -2.01. The first kappa shape index (κ1) is 18.3. The third kappa shape index (κ3) is 3.85. The fourth-order valence-electron chi connectivity index (χ4n) is 2.19. The molecular formula is C17H12Cl2N4O2S. The van der Waals surface area contributed by atoms with Gasteiger partial charge in [-0.15, -0.1) is 0 Å². The van der Waals surface area contributed by atoms with Crippen LogP contribution in [0, 0.1) is 4.77 Å². The summed E-state index contributed by atoms with van der Waals surface area (Å²) < 4.78 is 6.44. The molecule has 0 fully saturated rings. The Morgan fingerprint density at radius 1 is 1.27 bits per heavy atom. The van der Waals surface area contributed by atoms with Crippen molar-refractivity contribution in [3.8, 4) is 11.4 Å². The van der Waals surface area contributed by atoms with E-state index in [0.717, 1.165) is 5.56 Å². The van der Waals surface area contributed by atoms with Gasteiger partial charge < -0.3 is 4.74 Å². The standard InChI is InChI=1S/C17H12Cl2N4O2S/c1-25-16(24)11-4-2-10(3-5-11)9-20-23-15(21-22-17(23)26)13-7-6-12(18)8-14(13)19/h2-9H,1H3,(H,22,26)/b20-9+. The van der Waals surface area contributed by atoms with E-state index in [1.165, 1.54) is 11.8 Å². The molecule has 1 aromatic heterocycles. The summed E-state index contributed by atoms with van der Waals surface area (Å²) in [6.07, 6.45) is 1.60. The number of nitrogens with one attached hydrogen (secondary N) is 1. The quantitative estimate of drug-likeness (QED) is 0.390. The molecule has 0 aliphatic rings. The Balaban J connectivity index is 1.93. The zero-order valence-electron chi connectivity index (χ0n) is 13.4. The van der Waals surface area contributed by atoms with Crippen molar-refractivity contribution in [2.45, 2.75) is 0 Å². The number of carbonyl (C=O) groups excluding carboxylic acids is 1. The van der Waals surface area contributed by atoms with Gasteiger partial charge in [0.1, 0.15) is 0 Å². The van der Waals surface area contributed by atoms with E-state index >= 15 is 0 Å². The Hall–Kier alpha value is -2.48. The molecule has 0 aliphatic carbocycles. The van der Waals surface area contributed by atoms with Crippen molar-refractivity contribution >= 4 is 47.6 Å². The second-order valence-electron chi connectivity index (χ2n) is 5.15. The summed E-state index contributed by atoms with van der Waals surface area (Å²) in [5.41, 5.74) is 1.87. The van der Waals surface area contributed by atoms with Crippen molar-refractivity contribution in [1.29, 1.82) is 0 Å². The maximum Gasteiger partial charge on any atom is 0.337 e. The van der Waals surface area contributed by atoms with Gasteiger partial charge in [0.15, 0.2) is 5.82 Å². The smallest absolute Gasteiger partial charge is 0.337 e. The Morgan fingerprint density at radius 2 is 2.00 bits per heavy atom. The SMILES string of the molecule is COC(=O)c1ccc(/C=N/n2c(-c3ccc(Cl)cc3Cl)n[nH]c2=S)cc1. The van der Waals surface area contributed by atoms with E-state index in [1.807, 2.05) is 0 Å². The molecule has 0 radical (unpaired) electrons. The van der Waals surface area contributed by atoms with E-state index in [1.54, 1.807) is 48.7 Å². The van der Waals surface area contributed by atoms with Gasteiger partial charge in [0.05, 0.1) is 23.9 Å². The Labute approximate surface area is 164 Å². The van der Waals surface area contributed by atoms with Crippen molar-refractivity contribution in [2.24, 2.45) is 5.10 Å². The molecule has 0 atom stereocenters. The average Bonchev–Trinajstić information content (AvgIpc) is 3.00. The number of esters is 1. The fraction of sp³-hybridized carbons (Fsp3) is 0.0588. The topological polar surface area (TPSA) is 72.3 Å². The number of aromatic amines is 1. The largest absolute Gasteiger partial charge is 0.465 e. The number of ether oxygens (including phenoxy) is 1. The molecular weight excluding hydrogens is 395 g/mol. The fourth-order valence-corrected chi connectivity index (χ4v) is 2.86. The summed E-state index contributed by atoms with van der Waals surface area (Å²) in [5, 5.41) is 12.2. The lowest BCUT2D eigenvalue weighted by molar-refractivity contribution is 0.0600. The first-order valence-corrected chi connectivity index (χ1v) is 8.51. The predicted molar refractivity (Wildman–Crippen MR) is 104 cm³/mol. The highest BCUT2D eigenvalue weighted by Crippen LogP contribution is 2.29. The van der Waals surface area contributed by atoms with Crippen LogP contribution in [0.3, 0.4) is 0 Å². The predicted octanol–water partition coefficient (Wildman–Crippen LogP) is 4.58. The molecule has 26 heavy (non-hydrogen) atoms. The summed E-state index contributed by atoms with van der Waals surface area (Å²) >= 11 is 17.4. The number of H-pyrrole nitrogens is 1. The minimum Gasteiger partial charge on any atom is -0.465 e. The van der Waals surface area contributed by atoms with Crippen molar-refractivity contribution in [3.05, 3.63) is 68.4 Å². The maximum absolute atomic E-state index is 11.5. The van der Waals surface area contributed by atoms with Crippen LogP contribution in [0.5, 0.6) is 0 Å². The molecule has 0 amide bonds. The lowest BCUT2D eigenvalue weighted by Gasteiger charge is -2.04. The zero-order chi connectivity index (χ0) is 18.7. The number of carbonyl (C=O) groups is 1. The molecule has 1 N–H and O–H groups in total. The van der Waals surface area contributed by atoms with Gasteiger partial charge in [-0.3, -0.25) is 0 Å². The summed E-state index contributed by atoms with van der Waals surface area (Å²) in [5.74, 6) is 0.0595. The van der Waals surface area contributed by atoms with Gasteiger partial charge in [-0.1, -0.05) is 35.3 Å². The average molecular weight is 407 g/mol.